The van der Waals surface area contributed by atoms with Crippen LogP contribution in [0.25, 0.3) is 16.9 Å². The Morgan fingerprint density at radius 3 is 2.68 bits per heavy atom. The van der Waals surface area contributed by atoms with E-state index in [2.05, 4.69) is 75.6 Å². The smallest absolute Gasteiger partial charge is 0.180 e. The average molecular weight is 416 g/mol. The highest BCUT2D eigenvalue weighted by Gasteiger charge is 2.12. The van der Waals surface area contributed by atoms with Gasteiger partial charge in [0, 0.05) is 56.2 Å². The zero-order chi connectivity index (χ0) is 21.8. The van der Waals surface area contributed by atoms with Crippen LogP contribution in [0.5, 0.6) is 0 Å². The van der Waals surface area contributed by atoms with Gasteiger partial charge in [-0.3, -0.25) is 9.38 Å². The predicted octanol–water partition coefficient (Wildman–Crippen LogP) is 4.93. The van der Waals surface area contributed by atoms with Gasteiger partial charge in [0.15, 0.2) is 11.5 Å². The van der Waals surface area contributed by atoms with Crippen LogP contribution >= 0.6 is 0 Å². The number of benzene rings is 1. The molecule has 1 N–H and O–H groups in total. The van der Waals surface area contributed by atoms with Crippen LogP contribution in [0.1, 0.15) is 25.5 Å². The Balaban J connectivity index is 1.60. The number of pyridine rings is 1. The molecule has 7 heteroatoms. The number of hydrogen-bond acceptors (Lipinski definition) is 6. The van der Waals surface area contributed by atoms with Crippen molar-refractivity contribution in [1.29, 1.82) is 0 Å². The van der Waals surface area contributed by atoms with E-state index in [-0.39, 0.29) is 0 Å². The van der Waals surface area contributed by atoms with Gasteiger partial charge in [-0.25, -0.2) is 15.0 Å². The molecule has 0 aliphatic rings. The Hall–Kier alpha value is -3.45. The molecular weight excluding hydrogens is 386 g/mol. The number of aromatic nitrogens is 4. The van der Waals surface area contributed by atoms with Crippen LogP contribution in [-0.2, 0) is 0 Å². The quantitative estimate of drug-likeness (QED) is 0.412. The van der Waals surface area contributed by atoms with Gasteiger partial charge in [0.2, 0.25) is 0 Å². The lowest BCUT2D eigenvalue weighted by Crippen LogP contribution is -2.37. The van der Waals surface area contributed by atoms with Gasteiger partial charge in [-0.05, 0) is 43.7 Å². The van der Waals surface area contributed by atoms with Crippen LogP contribution in [0.15, 0.2) is 61.2 Å². The van der Waals surface area contributed by atoms with E-state index in [0.29, 0.717) is 5.82 Å². The number of aryl methyl sites for hydroxylation is 1. The van der Waals surface area contributed by atoms with Crippen molar-refractivity contribution in [3.05, 3.63) is 66.9 Å². The summed E-state index contributed by atoms with van der Waals surface area (Å²) in [5.74, 6) is 0.716. The molecule has 3 heterocycles. The van der Waals surface area contributed by atoms with Crippen LogP contribution < -0.4 is 10.3 Å². The highest BCUT2D eigenvalue weighted by molar-refractivity contribution is 5.75. The number of nitrogens with zero attached hydrogens (tertiary/aromatic N) is 6. The molecule has 160 valence electrons. The summed E-state index contributed by atoms with van der Waals surface area (Å²) in [5.41, 5.74) is 5.86. The molecule has 4 rings (SSSR count). The fourth-order valence-electron chi connectivity index (χ4n) is 3.50. The number of unbranched alkanes of at least 4 members (excludes halogenated alkanes) is 1. The molecule has 0 bridgehead atoms. The summed E-state index contributed by atoms with van der Waals surface area (Å²) in [5, 5.41) is 7.85. The Morgan fingerprint density at radius 2 is 1.90 bits per heavy atom. The van der Waals surface area contributed by atoms with Crippen LogP contribution in [0, 0.1) is 6.92 Å². The van der Waals surface area contributed by atoms with Crippen molar-refractivity contribution in [2.24, 2.45) is 0 Å². The van der Waals surface area contributed by atoms with E-state index in [1.54, 1.807) is 6.20 Å². The van der Waals surface area contributed by atoms with Crippen LogP contribution in [-0.4, -0.2) is 45.0 Å². The number of nitrogens with one attached hydrogen (secondary N) is 1. The van der Waals surface area contributed by atoms with Gasteiger partial charge in [-0.2, -0.15) is 0 Å². The summed E-state index contributed by atoms with van der Waals surface area (Å²) in [7, 11) is 4.20. The maximum atomic E-state index is 4.62. The number of rotatable bonds is 8. The first-order chi connectivity index (χ1) is 15.1. The van der Waals surface area contributed by atoms with E-state index in [0.717, 1.165) is 40.5 Å². The minimum absolute atomic E-state index is 0.716. The monoisotopic (exact) mass is 415 g/mol. The summed E-state index contributed by atoms with van der Waals surface area (Å²) in [6.07, 6.45) is 9.80. The van der Waals surface area contributed by atoms with Crippen molar-refractivity contribution in [2.75, 3.05) is 31.0 Å². The molecule has 0 radical (unpaired) electrons. The van der Waals surface area contributed by atoms with Gasteiger partial charge in [0.25, 0.3) is 0 Å². The first kappa shape index (κ1) is 20.8. The normalized spacial score (nSPS) is 11.3. The topological polar surface area (TPSA) is 61.6 Å². The molecule has 0 aliphatic heterocycles. The van der Waals surface area contributed by atoms with Gasteiger partial charge >= 0.3 is 0 Å². The molecule has 4 aromatic rings. The van der Waals surface area contributed by atoms with E-state index in [1.807, 2.05) is 42.0 Å². The first-order valence-electron chi connectivity index (χ1n) is 10.6. The summed E-state index contributed by atoms with van der Waals surface area (Å²) in [4.78, 5) is 13.6. The van der Waals surface area contributed by atoms with Gasteiger partial charge in [-0.1, -0.05) is 19.4 Å². The molecule has 3 aromatic heterocycles. The third-order valence-corrected chi connectivity index (χ3v) is 5.47. The molecule has 31 heavy (non-hydrogen) atoms. The number of anilines is 3. The van der Waals surface area contributed by atoms with Crippen molar-refractivity contribution in [1.82, 2.24) is 24.4 Å². The third-order valence-electron chi connectivity index (χ3n) is 5.47. The zero-order valence-electron chi connectivity index (χ0n) is 18.6. The minimum Gasteiger partial charge on any atom is -0.337 e. The second-order valence-electron chi connectivity index (χ2n) is 7.73. The largest absolute Gasteiger partial charge is 0.337 e. The van der Waals surface area contributed by atoms with E-state index in [9.17, 15) is 0 Å². The van der Waals surface area contributed by atoms with E-state index >= 15 is 0 Å². The van der Waals surface area contributed by atoms with Crippen LogP contribution in [0.4, 0.5) is 17.2 Å². The lowest BCUT2D eigenvalue weighted by molar-refractivity contribution is 0.318. The summed E-state index contributed by atoms with van der Waals surface area (Å²) in [6, 6.07) is 12.4. The summed E-state index contributed by atoms with van der Waals surface area (Å²) in [6.45, 7) is 5.22. The van der Waals surface area contributed by atoms with E-state index in [1.165, 1.54) is 12.8 Å². The van der Waals surface area contributed by atoms with Gasteiger partial charge in [-0.15, -0.1) is 0 Å². The van der Waals surface area contributed by atoms with E-state index < -0.39 is 0 Å². The Kier molecular flexibility index (Phi) is 6.13. The fourth-order valence-corrected chi connectivity index (χ4v) is 3.50. The SMILES string of the molecule is CCCCN(C)N(C)c1cccc(Nc2nccn3c(-c4ccc(C)nc4)cnc23)c1. The van der Waals surface area contributed by atoms with Crippen molar-refractivity contribution in [3.8, 4) is 11.3 Å². The Bertz CT molecular complexity index is 1150. The maximum absolute atomic E-state index is 4.62. The standard InChI is InChI=1S/C24H29N7/c1-5-6-13-29(3)30(4)21-9-7-8-20(15-21)28-23-24-27-17-22(31(24)14-12-25-23)19-11-10-18(2)26-16-19/h7-12,14-17H,5-6,13H2,1-4H3,(H,25,28). The number of fused-ring (bicyclic) bond motifs is 1. The maximum Gasteiger partial charge on any atom is 0.180 e. The number of hydrazine groups is 1. The van der Waals surface area contributed by atoms with Crippen LogP contribution in [0.2, 0.25) is 0 Å². The van der Waals surface area contributed by atoms with Gasteiger partial charge in [0.05, 0.1) is 17.6 Å². The number of hydrogen-bond donors (Lipinski definition) is 1. The fraction of sp³-hybridized carbons (Fsp3) is 0.292. The number of imidazole rings is 1. The van der Waals surface area contributed by atoms with Crippen molar-refractivity contribution < 1.29 is 0 Å². The molecule has 0 amide bonds. The molecular formula is C24H29N7. The molecule has 1 aromatic carbocycles. The molecule has 0 atom stereocenters. The van der Waals surface area contributed by atoms with Crippen molar-refractivity contribution >= 4 is 22.8 Å². The third kappa shape index (κ3) is 4.51. The lowest BCUT2D eigenvalue weighted by Gasteiger charge is -2.30. The highest BCUT2D eigenvalue weighted by Crippen LogP contribution is 2.26. The molecule has 7 nitrogen and oxygen atoms in total. The minimum atomic E-state index is 0.716. The summed E-state index contributed by atoms with van der Waals surface area (Å²) < 4.78 is 2.04. The predicted molar refractivity (Wildman–Crippen MR) is 127 cm³/mol. The molecule has 0 fully saturated rings. The molecule has 0 unspecified atom stereocenters. The average Bonchev–Trinajstić information content (AvgIpc) is 3.23. The second kappa shape index (κ2) is 9.14. The van der Waals surface area contributed by atoms with Crippen LogP contribution in [0.3, 0.4) is 0 Å². The van der Waals surface area contributed by atoms with E-state index in [4.69, 9.17) is 0 Å². The Labute approximate surface area is 183 Å². The molecule has 0 saturated heterocycles. The van der Waals surface area contributed by atoms with Crippen molar-refractivity contribution in [2.45, 2.75) is 26.7 Å². The molecule has 0 aliphatic carbocycles. The second-order valence-corrected chi connectivity index (χ2v) is 7.73. The van der Waals surface area contributed by atoms with Gasteiger partial charge in [0.1, 0.15) is 0 Å². The first-order valence-corrected chi connectivity index (χ1v) is 10.6. The highest BCUT2D eigenvalue weighted by atomic mass is 15.6. The molecule has 0 saturated carbocycles. The zero-order valence-corrected chi connectivity index (χ0v) is 18.6. The van der Waals surface area contributed by atoms with Crippen molar-refractivity contribution in [3.63, 3.8) is 0 Å². The molecule has 0 spiro atoms. The Morgan fingerprint density at radius 1 is 1.03 bits per heavy atom. The van der Waals surface area contributed by atoms with Gasteiger partial charge < -0.3 is 10.3 Å². The summed E-state index contributed by atoms with van der Waals surface area (Å²) >= 11 is 0. The lowest BCUT2D eigenvalue weighted by atomic mass is 10.2.